The van der Waals surface area contributed by atoms with Crippen molar-refractivity contribution in [2.75, 3.05) is 13.7 Å². The van der Waals surface area contributed by atoms with Crippen LogP contribution < -0.4 is 4.74 Å². The van der Waals surface area contributed by atoms with Crippen molar-refractivity contribution in [2.45, 2.75) is 19.4 Å². The van der Waals surface area contributed by atoms with Gasteiger partial charge in [-0.05, 0) is 41.8 Å². The van der Waals surface area contributed by atoms with Gasteiger partial charge in [-0.15, -0.1) is 0 Å². The molecule has 24 heavy (non-hydrogen) atoms. The monoisotopic (exact) mass is 325 g/mol. The number of benzene rings is 2. The first-order chi connectivity index (χ1) is 11.5. The number of ether oxygens (including phenoxy) is 1. The average molecular weight is 325 g/mol. The topological polar surface area (TPSA) is 66.8 Å². The first-order valence-electron chi connectivity index (χ1n) is 7.75. The van der Waals surface area contributed by atoms with Gasteiger partial charge in [0.25, 0.3) is 5.91 Å². The zero-order chi connectivity index (χ0) is 17.3. The van der Waals surface area contributed by atoms with E-state index in [1.807, 2.05) is 31.2 Å². The molecule has 1 N–H and O–H groups in total. The standard InChI is InChI=1S/C19H19NO4/c1-12-9-14(24-2)7-8-15(12)18(21)20-10-13-5-3-4-6-16(13)17(11-20)19(22)23/h3-9,17H,10-11H2,1-2H3,(H,22,23). The highest BCUT2D eigenvalue weighted by molar-refractivity contribution is 5.96. The summed E-state index contributed by atoms with van der Waals surface area (Å²) in [7, 11) is 1.58. The van der Waals surface area contributed by atoms with Gasteiger partial charge in [-0.25, -0.2) is 0 Å². The van der Waals surface area contributed by atoms with Crippen LogP contribution in [0.4, 0.5) is 0 Å². The molecule has 3 rings (SSSR count). The lowest BCUT2D eigenvalue weighted by molar-refractivity contribution is -0.139. The smallest absolute Gasteiger partial charge is 0.312 e. The first kappa shape index (κ1) is 16.1. The molecular formula is C19H19NO4. The summed E-state index contributed by atoms with van der Waals surface area (Å²) < 4.78 is 5.17. The molecule has 1 aliphatic heterocycles. The Morgan fingerprint density at radius 1 is 1.21 bits per heavy atom. The molecule has 1 atom stereocenters. The summed E-state index contributed by atoms with van der Waals surface area (Å²) in [5.74, 6) is -1.07. The Balaban J connectivity index is 1.93. The van der Waals surface area contributed by atoms with Crippen LogP contribution in [0.15, 0.2) is 42.5 Å². The number of hydrogen-bond acceptors (Lipinski definition) is 3. The molecule has 1 heterocycles. The van der Waals surface area contributed by atoms with E-state index in [4.69, 9.17) is 4.74 Å². The molecule has 0 radical (unpaired) electrons. The third-order valence-electron chi connectivity index (χ3n) is 4.44. The molecule has 0 aliphatic carbocycles. The number of carbonyl (C=O) groups excluding carboxylic acids is 1. The number of amides is 1. The molecule has 0 bridgehead atoms. The average Bonchev–Trinajstić information content (AvgIpc) is 2.59. The van der Waals surface area contributed by atoms with Gasteiger partial charge in [0.1, 0.15) is 5.75 Å². The molecule has 2 aromatic carbocycles. The van der Waals surface area contributed by atoms with Crippen molar-refractivity contribution >= 4 is 11.9 Å². The first-order valence-corrected chi connectivity index (χ1v) is 7.75. The fourth-order valence-corrected chi connectivity index (χ4v) is 3.15. The normalized spacial score (nSPS) is 16.4. The largest absolute Gasteiger partial charge is 0.497 e. The van der Waals surface area contributed by atoms with Crippen molar-refractivity contribution in [1.29, 1.82) is 0 Å². The van der Waals surface area contributed by atoms with Crippen LogP contribution in [0.2, 0.25) is 0 Å². The Morgan fingerprint density at radius 2 is 1.96 bits per heavy atom. The molecular weight excluding hydrogens is 306 g/mol. The highest BCUT2D eigenvalue weighted by atomic mass is 16.5. The van der Waals surface area contributed by atoms with Crippen LogP contribution in [0.25, 0.3) is 0 Å². The minimum Gasteiger partial charge on any atom is -0.497 e. The summed E-state index contributed by atoms with van der Waals surface area (Å²) in [5, 5.41) is 9.52. The molecule has 0 saturated heterocycles. The summed E-state index contributed by atoms with van der Waals surface area (Å²) in [4.78, 5) is 26.1. The molecule has 5 nitrogen and oxygen atoms in total. The Labute approximate surface area is 140 Å². The van der Waals surface area contributed by atoms with E-state index >= 15 is 0 Å². The number of methoxy groups -OCH3 is 1. The van der Waals surface area contributed by atoms with E-state index in [-0.39, 0.29) is 12.5 Å². The van der Waals surface area contributed by atoms with Crippen molar-refractivity contribution < 1.29 is 19.4 Å². The van der Waals surface area contributed by atoms with Gasteiger partial charge in [0.15, 0.2) is 0 Å². The summed E-state index contributed by atoms with van der Waals surface area (Å²) in [6, 6.07) is 12.7. The summed E-state index contributed by atoms with van der Waals surface area (Å²) in [5.41, 5.74) is 3.06. The van der Waals surface area contributed by atoms with Gasteiger partial charge < -0.3 is 14.7 Å². The Kier molecular flexibility index (Phi) is 4.25. The fourth-order valence-electron chi connectivity index (χ4n) is 3.15. The Bertz CT molecular complexity index is 800. The highest BCUT2D eigenvalue weighted by Crippen LogP contribution is 2.30. The SMILES string of the molecule is COc1ccc(C(=O)N2Cc3ccccc3C(C(=O)O)C2)c(C)c1. The zero-order valence-electron chi connectivity index (χ0n) is 13.7. The summed E-state index contributed by atoms with van der Waals surface area (Å²) >= 11 is 0. The predicted octanol–water partition coefficient (Wildman–Crippen LogP) is 2.83. The van der Waals surface area contributed by atoms with Crippen molar-refractivity contribution in [3.63, 3.8) is 0 Å². The van der Waals surface area contributed by atoms with E-state index < -0.39 is 11.9 Å². The zero-order valence-corrected chi connectivity index (χ0v) is 13.7. The number of carbonyl (C=O) groups is 2. The fraction of sp³-hybridized carbons (Fsp3) is 0.263. The van der Waals surface area contributed by atoms with Crippen LogP contribution >= 0.6 is 0 Å². The molecule has 1 amide bonds. The Hall–Kier alpha value is -2.82. The molecule has 0 spiro atoms. The van der Waals surface area contributed by atoms with E-state index in [2.05, 4.69) is 0 Å². The molecule has 5 heteroatoms. The predicted molar refractivity (Wildman–Crippen MR) is 89.3 cm³/mol. The van der Waals surface area contributed by atoms with Gasteiger partial charge in [0.05, 0.1) is 13.0 Å². The number of carboxylic acid groups (broad SMARTS) is 1. The number of nitrogens with zero attached hydrogens (tertiary/aromatic N) is 1. The van der Waals surface area contributed by atoms with Crippen molar-refractivity contribution in [2.24, 2.45) is 0 Å². The number of aliphatic carboxylic acids is 1. The molecule has 0 saturated carbocycles. The molecule has 0 aromatic heterocycles. The lowest BCUT2D eigenvalue weighted by Gasteiger charge is -2.33. The van der Waals surface area contributed by atoms with Crippen LogP contribution in [0.5, 0.6) is 5.75 Å². The van der Waals surface area contributed by atoms with Crippen molar-refractivity contribution in [3.8, 4) is 5.75 Å². The second-order valence-electron chi connectivity index (χ2n) is 5.96. The van der Waals surface area contributed by atoms with Gasteiger partial charge in [-0.2, -0.15) is 0 Å². The Morgan fingerprint density at radius 3 is 2.62 bits per heavy atom. The number of rotatable bonds is 3. The maximum Gasteiger partial charge on any atom is 0.312 e. The lowest BCUT2D eigenvalue weighted by atomic mass is 9.89. The second kappa shape index (κ2) is 6.35. The van der Waals surface area contributed by atoms with E-state index in [1.165, 1.54) is 0 Å². The maximum absolute atomic E-state index is 12.9. The number of carboxylic acids is 1. The van der Waals surface area contributed by atoms with Gasteiger partial charge >= 0.3 is 5.97 Å². The van der Waals surface area contributed by atoms with Crippen LogP contribution in [-0.2, 0) is 11.3 Å². The maximum atomic E-state index is 12.9. The van der Waals surface area contributed by atoms with Gasteiger partial charge in [0.2, 0.25) is 0 Å². The second-order valence-corrected chi connectivity index (χ2v) is 5.96. The molecule has 0 fully saturated rings. The summed E-state index contributed by atoms with van der Waals surface area (Å²) in [6.45, 7) is 2.45. The van der Waals surface area contributed by atoms with Gasteiger partial charge in [-0.3, -0.25) is 9.59 Å². The minimum atomic E-state index is -0.911. The minimum absolute atomic E-state index is 0.157. The number of aryl methyl sites for hydroxylation is 1. The molecule has 124 valence electrons. The molecule has 1 aliphatic rings. The number of hydrogen-bond donors (Lipinski definition) is 1. The van der Waals surface area contributed by atoms with Crippen LogP contribution in [0, 0.1) is 6.92 Å². The number of fused-ring (bicyclic) bond motifs is 1. The van der Waals surface area contributed by atoms with Crippen LogP contribution in [0.1, 0.15) is 33.0 Å². The molecule has 2 aromatic rings. The highest BCUT2D eigenvalue weighted by Gasteiger charge is 2.33. The van der Waals surface area contributed by atoms with E-state index in [0.717, 1.165) is 16.7 Å². The third-order valence-corrected chi connectivity index (χ3v) is 4.44. The van der Waals surface area contributed by atoms with Crippen molar-refractivity contribution in [3.05, 3.63) is 64.7 Å². The van der Waals surface area contributed by atoms with Crippen LogP contribution in [-0.4, -0.2) is 35.5 Å². The quantitative estimate of drug-likeness (QED) is 0.942. The third kappa shape index (κ3) is 2.85. The van der Waals surface area contributed by atoms with E-state index in [9.17, 15) is 14.7 Å². The van der Waals surface area contributed by atoms with Crippen molar-refractivity contribution in [1.82, 2.24) is 4.90 Å². The van der Waals surface area contributed by atoms with E-state index in [0.29, 0.717) is 17.9 Å². The van der Waals surface area contributed by atoms with E-state index in [1.54, 1.807) is 30.2 Å². The lowest BCUT2D eigenvalue weighted by Crippen LogP contribution is -2.40. The van der Waals surface area contributed by atoms with Crippen LogP contribution in [0.3, 0.4) is 0 Å². The summed E-state index contributed by atoms with van der Waals surface area (Å²) in [6.07, 6.45) is 0. The van der Waals surface area contributed by atoms with Gasteiger partial charge in [-0.1, -0.05) is 24.3 Å². The molecule has 1 unspecified atom stereocenters. The van der Waals surface area contributed by atoms with Gasteiger partial charge in [0, 0.05) is 18.7 Å².